The van der Waals surface area contributed by atoms with Gasteiger partial charge in [-0.3, -0.25) is 9.88 Å². The van der Waals surface area contributed by atoms with Crippen LogP contribution in [0.25, 0.3) is 11.1 Å². The molecule has 1 aromatic carbocycles. The Bertz CT molecular complexity index is 767. The highest BCUT2D eigenvalue weighted by molar-refractivity contribution is 5.63. The highest BCUT2D eigenvalue weighted by Crippen LogP contribution is 2.26. The predicted molar refractivity (Wildman–Crippen MR) is 90.8 cm³/mol. The van der Waals surface area contributed by atoms with E-state index < -0.39 is 0 Å². The number of hydrogen-bond donors (Lipinski definition) is 0. The summed E-state index contributed by atoms with van der Waals surface area (Å²) < 4.78 is 5.15. The topological polar surface area (TPSA) is 42.2 Å². The molecule has 0 aliphatic rings. The zero-order chi connectivity index (χ0) is 16.2. The van der Waals surface area contributed by atoms with Crippen molar-refractivity contribution in [2.45, 2.75) is 26.4 Å². The Hall–Kier alpha value is -2.46. The Kier molecular flexibility index (Phi) is 4.53. The average molecular weight is 307 g/mol. The molecule has 0 saturated carbocycles. The highest BCUT2D eigenvalue weighted by Gasteiger charge is 2.14. The normalized spacial score (nSPS) is 12.5. The van der Waals surface area contributed by atoms with E-state index in [1.807, 2.05) is 37.5 Å². The molecule has 0 amide bonds. The molecular weight excluding hydrogens is 286 g/mol. The average Bonchev–Trinajstić information content (AvgIpc) is 3.00. The minimum absolute atomic E-state index is 0.286. The lowest BCUT2D eigenvalue weighted by molar-refractivity contribution is 0.244. The van der Waals surface area contributed by atoms with E-state index in [-0.39, 0.29) is 6.04 Å². The predicted octanol–water partition coefficient (Wildman–Crippen LogP) is 4.24. The Morgan fingerprint density at radius 2 is 1.87 bits per heavy atom. The first-order valence-electron chi connectivity index (χ1n) is 7.76. The zero-order valence-electron chi connectivity index (χ0n) is 13.7. The fourth-order valence-electron chi connectivity index (χ4n) is 2.66. The van der Waals surface area contributed by atoms with Gasteiger partial charge in [0.2, 0.25) is 0 Å². The van der Waals surface area contributed by atoms with Crippen molar-refractivity contribution in [3.05, 3.63) is 71.9 Å². The highest BCUT2D eigenvalue weighted by atomic mass is 16.5. The minimum Gasteiger partial charge on any atom is -0.361 e. The van der Waals surface area contributed by atoms with Crippen molar-refractivity contribution < 1.29 is 4.52 Å². The maximum atomic E-state index is 5.15. The van der Waals surface area contributed by atoms with Gasteiger partial charge < -0.3 is 4.52 Å². The third-order valence-electron chi connectivity index (χ3n) is 4.13. The lowest BCUT2D eigenvalue weighted by Gasteiger charge is -2.24. The Labute approximate surface area is 136 Å². The van der Waals surface area contributed by atoms with E-state index in [0.717, 1.165) is 18.0 Å². The van der Waals surface area contributed by atoms with Gasteiger partial charge in [0.1, 0.15) is 5.76 Å². The molecule has 118 valence electrons. The summed E-state index contributed by atoms with van der Waals surface area (Å²) in [4.78, 5) is 6.35. The number of pyridine rings is 1. The van der Waals surface area contributed by atoms with Gasteiger partial charge in [-0.2, -0.15) is 0 Å². The van der Waals surface area contributed by atoms with Gasteiger partial charge in [-0.25, -0.2) is 0 Å². The van der Waals surface area contributed by atoms with Gasteiger partial charge in [0.05, 0.1) is 5.69 Å². The molecule has 0 spiro atoms. The molecule has 2 aromatic heterocycles. The second kappa shape index (κ2) is 6.75. The van der Waals surface area contributed by atoms with E-state index in [2.05, 4.69) is 53.3 Å². The summed E-state index contributed by atoms with van der Waals surface area (Å²) in [5.74, 6) is 0.848. The van der Waals surface area contributed by atoms with Gasteiger partial charge in [-0.15, -0.1) is 0 Å². The standard InChI is InChI=1S/C19H21N3O/c1-14-11-19(21-23-14)13-22(3)15(2)17-5-4-6-18(12-17)16-7-9-20-10-8-16/h4-12,15H,13H2,1-3H3/t15-/m0/s1. The molecule has 0 aliphatic heterocycles. The molecule has 0 N–H and O–H groups in total. The summed E-state index contributed by atoms with van der Waals surface area (Å²) >= 11 is 0. The second-order valence-electron chi connectivity index (χ2n) is 5.88. The lowest BCUT2D eigenvalue weighted by Crippen LogP contribution is -2.22. The van der Waals surface area contributed by atoms with Crippen LogP contribution in [-0.2, 0) is 6.54 Å². The monoisotopic (exact) mass is 307 g/mol. The van der Waals surface area contributed by atoms with Crippen molar-refractivity contribution in [2.24, 2.45) is 0 Å². The van der Waals surface area contributed by atoms with Crippen LogP contribution in [0.5, 0.6) is 0 Å². The maximum absolute atomic E-state index is 5.15. The number of rotatable bonds is 5. The van der Waals surface area contributed by atoms with Gasteiger partial charge in [0.15, 0.2) is 0 Å². The van der Waals surface area contributed by atoms with E-state index >= 15 is 0 Å². The van der Waals surface area contributed by atoms with Crippen LogP contribution in [0.2, 0.25) is 0 Å². The van der Waals surface area contributed by atoms with Crippen LogP contribution >= 0.6 is 0 Å². The largest absolute Gasteiger partial charge is 0.361 e. The number of hydrogen-bond acceptors (Lipinski definition) is 4. The summed E-state index contributed by atoms with van der Waals surface area (Å²) in [5, 5.41) is 4.07. The van der Waals surface area contributed by atoms with E-state index in [4.69, 9.17) is 4.52 Å². The summed E-state index contributed by atoms with van der Waals surface area (Å²) in [7, 11) is 2.10. The number of aromatic nitrogens is 2. The number of benzene rings is 1. The first-order valence-corrected chi connectivity index (χ1v) is 7.76. The molecule has 23 heavy (non-hydrogen) atoms. The van der Waals surface area contributed by atoms with Crippen LogP contribution in [0.4, 0.5) is 0 Å². The van der Waals surface area contributed by atoms with Gasteiger partial charge >= 0.3 is 0 Å². The molecule has 0 unspecified atom stereocenters. The molecule has 0 aliphatic carbocycles. The van der Waals surface area contributed by atoms with Crippen molar-refractivity contribution in [2.75, 3.05) is 7.05 Å². The van der Waals surface area contributed by atoms with Crippen LogP contribution in [0, 0.1) is 6.92 Å². The van der Waals surface area contributed by atoms with Crippen LogP contribution in [0.1, 0.15) is 30.0 Å². The van der Waals surface area contributed by atoms with Crippen molar-refractivity contribution >= 4 is 0 Å². The maximum Gasteiger partial charge on any atom is 0.133 e. The fourth-order valence-corrected chi connectivity index (χ4v) is 2.66. The van der Waals surface area contributed by atoms with Gasteiger partial charge in [0.25, 0.3) is 0 Å². The quantitative estimate of drug-likeness (QED) is 0.707. The third kappa shape index (κ3) is 3.66. The van der Waals surface area contributed by atoms with E-state index in [1.165, 1.54) is 16.7 Å². The first-order chi connectivity index (χ1) is 11.1. The van der Waals surface area contributed by atoms with Crippen molar-refractivity contribution in [1.82, 2.24) is 15.0 Å². The van der Waals surface area contributed by atoms with Crippen LogP contribution < -0.4 is 0 Å². The molecule has 2 heterocycles. The summed E-state index contributed by atoms with van der Waals surface area (Å²) in [5.41, 5.74) is 4.63. The smallest absolute Gasteiger partial charge is 0.133 e. The summed E-state index contributed by atoms with van der Waals surface area (Å²) in [6, 6.07) is 15.0. The van der Waals surface area contributed by atoms with E-state index in [0.29, 0.717) is 0 Å². The van der Waals surface area contributed by atoms with Gasteiger partial charge in [0, 0.05) is 31.0 Å². The Morgan fingerprint density at radius 1 is 1.09 bits per heavy atom. The molecule has 1 atom stereocenters. The molecule has 0 bridgehead atoms. The molecule has 0 fully saturated rings. The SMILES string of the molecule is Cc1cc(CN(C)[C@@H](C)c2cccc(-c3ccncc3)c2)no1. The summed E-state index contributed by atoms with van der Waals surface area (Å²) in [6.07, 6.45) is 3.65. The van der Waals surface area contributed by atoms with Gasteiger partial charge in [-0.1, -0.05) is 23.4 Å². The molecule has 3 rings (SSSR count). The zero-order valence-corrected chi connectivity index (χ0v) is 13.7. The molecule has 4 heteroatoms. The number of aryl methyl sites for hydroxylation is 1. The minimum atomic E-state index is 0.286. The van der Waals surface area contributed by atoms with Crippen molar-refractivity contribution in [3.63, 3.8) is 0 Å². The Balaban J connectivity index is 1.78. The summed E-state index contributed by atoms with van der Waals surface area (Å²) in [6.45, 7) is 4.88. The van der Waals surface area contributed by atoms with Crippen molar-refractivity contribution in [3.8, 4) is 11.1 Å². The molecule has 0 saturated heterocycles. The van der Waals surface area contributed by atoms with Crippen molar-refractivity contribution in [1.29, 1.82) is 0 Å². The molecule has 0 radical (unpaired) electrons. The van der Waals surface area contributed by atoms with Crippen LogP contribution in [-0.4, -0.2) is 22.1 Å². The lowest BCUT2D eigenvalue weighted by atomic mass is 10.0. The van der Waals surface area contributed by atoms with E-state index in [1.54, 1.807) is 0 Å². The van der Waals surface area contributed by atoms with Crippen LogP contribution in [0.15, 0.2) is 59.4 Å². The fraction of sp³-hybridized carbons (Fsp3) is 0.263. The Morgan fingerprint density at radius 3 is 2.57 bits per heavy atom. The van der Waals surface area contributed by atoms with Crippen LogP contribution in [0.3, 0.4) is 0 Å². The first kappa shape index (κ1) is 15.4. The molecule has 4 nitrogen and oxygen atoms in total. The van der Waals surface area contributed by atoms with Gasteiger partial charge in [-0.05, 0) is 55.8 Å². The second-order valence-corrected chi connectivity index (χ2v) is 5.88. The third-order valence-corrected chi connectivity index (χ3v) is 4.13. The molecular formula is C19H21N3O. The number of nitrogens with zero attached hydrogens (tertiary/aromatic N) is 3. The molecule has 3 aromatic rings. The van der Waals surface area contributed by atoms with E-state index in [9.17, 15) is 0 Å².